The Hall–Kier alpha value is -2.58. The summed E-state index contributed by atoms with van der Waals surface area (Å²) in [5.41, 5.74) is 2.55. The van der Waals surface area contributed by atoms with Crippen molar-refractivity contribution in [2.45, 2.75) is 19.4 Å². The first-order valence-corrected chi connectivity index (χ1v) is 7.82. The first-order valence-electron chi connectivity index (χ1n) is 7.01. The summed E-state index contributed by atoms with van der Waals surface area (Å²) in [6, 6.07) is 8.11. The summed E-state index contributed by atoms with van der Waals surface area (Å²) in [5.74, 6) is 2.37. The highest BCUT2D eigenvalue weighted by Crippen LogP contribution is 2.41. The predicted octanol–water partition coefficient (Wildman–Crippen LogP) is 2.15. The van der Waals surface area contributed by atoms with E-state index in [1.807, 2.05) is 18.2 Å². The van der Waals surface area contributed by atoms with Crippen LogP contribution in [0, 0.1) is 12.3 Å². The molecule has 0 saturated heterocycles. The molecule has 2 heterocycles. The van der Waals surface area contributed by atoms with Crippen LogP contribution in [0.2, 0.25) is 0 Å². The Bertz CT molecular complexity index is 1060. The number of H-pyrrole nitrogens is 1. The molecule has 1 N–H and O–H groups in total. The molecule has 0 spiro atoms. The molecule has 0 saturated carbocycles. The highest BCUT2D eigenvalue weighted by molar-refractivity contribution is 7.19. The van der Waals surface area contributed by atoms with E-state index in [2.05, 4.69) is 17.0 Å². The third-order valence-corrected chi connectivity index (χ3v) is 5.23. The van der Waals surface area contributed by atoms with E-state index in [9.17, 15) is 9.59 Å². The van der Waals surface area contributed by atoms with Crippen molar-refractivity contribution < 1.29 is 0 Å². The molecule has 4 nitrogen and oxygen atoms in total. The minimum Gasteiger partial charge on any atom is -0.298 e. The van der Waals surface area contributed by atoms with Crippen LogP contribution >= 0.6 is 11.3 Å². The minimum absolute atomic E-state index is 0.0175. The quantitative estimate of drug-likeness (QED) is 0.700. The van der Waals surface area contributed by atoms with E-state index in [0.29, 0.717) is 10.2 Å². The van der Waals surface area contributed by atoms with Crippen LogP contribution in [0.15, 0.2) is 33.9 Å². The Morgan fingerprint density at radius 2 is 2.09 bits per heavy atom. The number of rotatable bonds is 1. The van der Waals surface area contributed by atoms with Gasteiger partial charge in [0.15, 0.2) is 0 Å². The highest BCUT2D eigenvalue weighted by atomic mass is 32.1. The first-order chi connectivity index (χ1) is 10.7. The van der Waals surface area contributed by atoms with Crippen molar-refractivity contribution in [3.8, 4) is 23.5 Å². The lowest BCUT2D eigenvalue weighted by Gasteiger charge is -2.16. The van der Waals surface area contributed by atoms with Crippen molar-refractivity contribution in [3.05, 3.63) is 55.5 Å². The zero-order chi connectivity index (χ0) is 15.3. The van der Waals surface area contributed by atoms with Gasteiger partial charge in [0.2, 0.25) is 0 Å². The van der Waals surface area contributed by atoms with Gasteiger partial charge in [-0.3, -0.25) is 9.78 Å². The topological polar surface area (TPSA) is 54.9 Å². The largest absolute Gasteiger partial charge is 0.330 e. The highest BCUT2D eigenvalue weighted by Gasteiger charge is 2.24. The number of nitrogens with zero attached hydrogens (tertiary/aromatic N) is 1. The van der Waals surface area contributed by atoms with Gasteiger partial charge in [-0.05, 0) is 24.0 Å². The van der Waals surface area contributed by atoms with Crippen LogP contribution in [-0.4, -0.2) is 9.55 Å². The first kappa shape index (κ1) is 13.1. The number of terminal acetylenes is 1. The van der Waals surface area contributed by atoms with Gasteiger partial charge in [-0.15, -0.1) is 17.8 Å². The van der Waals surface area contributed by atoms with Crippen molar-refractivity contribution in [2.24, 2.45) is 0 Å². The van der Waals surface area contributed by atoms with Crippen LogP contribution in [0.1, 0.15) is 10.4 Å². The van der Waals surface area contributed by atoms with E-state index >= 15 is 0 Å². The summed E-state index contributed by atoms with van der Waals surface area (Å²) < 4.78 is 1.09. The molecule has 4 rings (SSSR count). The van der Waals surface area contributed by atoms with Crippen molar-refractivity contribution in [1.82, 2.24) is 9.55 Å². The Kier molecular flexibility index (Phi) is 2.81. The van der Waals surface area contributed by atoms with Gasteiger partial charge in [-0.25, -0.2) is 9.36 Å². The Labute approximate surface area is 130 Å². The predicted molar refractivity (Wildman–Crippen MR) is 88.4 cm³/mol. The number of thiophene rings is 1. The zero-order valence-electron chi connectivity index (χ0n) is 11.7. The van der Waals surface area contributed by atoms with Gasteiger partial charge in [0.1, 0.15) is 4.83 Å². The average Bonchev–Trinajstić information content (AvgIpc) is 2.90. The van der Waals surface area contributed by atoms with E-state index in [1.54, 1.807) is 0 Å². The fourth-order valence-electron chi connectivity index (χ4n) is 3.09. The summed E-state index contributed by atoms with van der Waals surface area (Å²) in [6.07, 6.45) is 7.12. The van der Waals surface area contributed by atoms with E-state index in [0.717, 1.165) is 33.4 Å². The van der Waals surface area contributed by atoms with E-state index in [1.165, 1.54) is 16.9 Å². The van der Waals surface area contributed by atoms with Gasteiger partial charge in [0, 0.05) is 10.4 Å². The second-order valence-electron chi connectivity index (χ2n) is 5.29. The van der Waals surface area contributed by atoms with Crippen LogP contribution in [0.5, 0.6) is 0 Å². The van der Waals surface area contributed by atoms with Crippen LogP contribution in [-0.2, 0) is 19.4 Å². The number of hydrogen-bond acceptors (Lipinski definition) is 3. The Morgan fingerprint density at radius 1 is 1.27 bits per heavy atom. The molecule has 2 aromatic heterocycles. The van der Waals surface area contributed by atoms with E-state index in [4.69, 9.17) is 6.42 Å². The molecule has 0 atom stereocenters. The molecular weight excluding hydrogens is 296 g/mol. The summed E-state index contributed by atoms with van der Waals surface area (Å²) in [7, 11) is 0. The molecule has 0 radical (unpaired) electrons. The number of hydrogen-bond donors (Lipinski definition) is 1. The molecule has 22 heavy (non-hydrogen) atoms. The molecule has 0 fully saturated rings. The maximum absolute atomic E-state index is 12.7. The number of fused-ring (bicyclic) bond motifs is 5. The smallest absolute Gasteiger partial charge is 0.298 e. The zero-order valence-corrected chi connectivity index (χ0v) is 12.5. The van der Waals surface area contributed by atoms with Crippen LogP contribution in [0.3, 0.4) is 0 Å². The van der Waals surface area contributed by atoms with Crippen molar-refractivity contribution >= 4 is 21.6 Å². The van der Waals surface area contributed by atoms with Crippen molar-refractivity contribution in [2.75, 3.05) is 0 Å². The molecule has 108 valence electrons. The van der Waals surface area contributed by atoms with Gasteiger partial charge in [-0.2, -0.15) is 0 Å². The molecule has 0 aliphatic heterocycles. The van der Waals surface area contributed by atoms with E-state index in [-0.39, 0.29) is 12.1 Å². The fourth-order valence-corrected chi connectivity index (χ4v) is 4.28. The standard InChI is InChI=1S/C17H12N2O2S/c1-2-9-19-16(20)14-13-11-6-4-3-5-10(11)7-8-12(13)22-15(14)18-17(19)21/h1,3-6H,7-9H2,(H,18,21). The normalized spacial score (nSPS) is 12.7. The number of aromatic nitrogens is 2. The fraction of sp³-hybridized carbons (Fsp3) is 0.176. The molecule has 1 aromatic carbocycles. The molecule has 0 unspecified atom stereocenters. The van der Waals surface area contributed by atoms with Gasteiger partial charge >= 0.3 is 5.69 Å². The Morgan fingerprint density at radius 3 is 2.91 bits per heavy atom. The van der Waals surface area contributed by atoms with Gasteiger partial charge < -0.3 is 0 Å². The van der Waals surface area contributed by atoms with Crippen molar-refractivity contribution in [1.29, 1.82) is 0 Å². The third-order valence-electron chi connectivity index (χ3n) is 4.06. The molecule has 1 aliphatic rings. The van der Waals surface area contributed by atoms with Crippen molar-refractivity contribution in [3.63, 3.8) is 0 Å². The number of aryl methyl sites for hydroxylation is 2. The monoisotopic (exact) mass is 308 g/mol. The van der Waals surface area contributed by atoms with Crippen LogP contribution in [0.25, 0.3) is 21.3 Å². The third kappa shape index (κ3) is 1.71. The van der Waals surface area contributed by atoms with E-state index < -0.39 is 5.69 Å². The van der Waals surface area contributed by atoms with Crippen LogP contribution < -0.4 is 11.2 Å². The number of benzene rings is 1. The molecule has 1 aliphatic carbocycles. The van der Waals surface area contributed by atoms with Gasteiger partial charge in [-0.1, -0.05) is 30.2 Å². The molecular formula is C17H12N2O2S. The lowest BCUT2D eigenvalue weighted by molar-refractivity contribution is 0.743. The molecule has 0 amide bonds. The molecule has 5 heteroatoms. The lowest BCUT2D eigenvalue weighted by atomic mass is 9.89. The maximum atomic E-state index is 12.7. The molecule has 0 bridgehead atoms. The summed E-state index contributed by atoms with van der Waals surface area (Å²) >= 11 is 1.50. The average molecular weight is 308 g/mol. The Balaban J connectivity index is 2.16. The maximum Gasteiger partial charge on any atom is 0.330 e. The number of aromatic amines is 1. The summed E-state index contributed by atoms with van der Waals surface area (Å²) in [4.78, 5) is 29.4. The minimum atomic E-state index is -0.442. The summed E-state index contributed by atoms with van der Waals surface area (Å²) in [6.45, 7) is -0.0175. The van der Waals surface area contributed by atoms with Gasteiger partial charge in [0.05, 0.1) is 11.9 Å². The molecule has 3 aromatic rings. The second kappa shape index (κ2) is 4.72. The lowest BCUT2D eigenvalue weighted by Crippen LogP contribution is -2.34. The second-order valence-corrected chi connectivity index (χ2v) is 6.39. The van der Waals surface area contributed by atoms with Gasteiger partial charge in [0.25, 0.3) is 5.56 Å². The number of nitrogens with one attached hydrogen (secondary N) is 1. The van der Waals surface area contributed by atoms with Crippen LogP contribution in [0.4, 0.5) is 0 Å². The summed E-state index contributed by atoms with van der Waals surface area (Å²) in [5, 5.41) is 0.585. The SMILES string of the molecule is C#CCn1c(=O)[nH]c2sc3c(c2c1=O)-c1ccccc1CC3.